The molecule has 1 aliphatic heterocycles. The minimum atomic E-state index is -0.271. The number of nitrogens with one attached hydrogen (secondary N) is 1. The topological polar surface area (TPSA) is 15.3 Å². The first-order valence-corrected chi connectivity index (χ1v) is 6.41. The van der Waals surface area contributed by atoms with E-state index in [2.05, 4.69) is 10.2 Å². The molecule has 102 valence electrons. The smallest absolute Gasteiger partial charge is 0.124 e. The molecule has 0 aromatic heterocycles. The zero-order valence-electron chi connectivity index (χ0n) is 10.5. The van der Waals surface area contributed by atoms with Crippen molar-refractivity contribution >= 4 is 24.0 Å². The fourth-order valence-electron chi connectivity index (χ4n) is 2.44. The number of rotatable bonds is 4. The van der Waals surface area contributed by atoms with Crippen LogP contribution in [0.5, 0.6) is 0 Å². The molecule has 1 aliphatic rings. The van der Waals surface area contributed by atoms with Crippen LogP contribution in [0.25, 0.3) is 0 Å². The summed E-state index contributed by atoms with van der Waals surface area (Å²) in [7, 11) is 1.97. The lowest BCUT2D eigenvalue weighted by Crippen LogP contribution is -2.36. The molecule has 1 aromatic rings. The highest BCUT2D eigenvalue weighted by atomic mass is 35.5. The van der Waals surface area contributed by atoms with Crippen LogP contribution in [0.2, 0.25) is 5.02 Å². The standard InChI is InChI=1S/C13H18ClFN2.ClH/c1-16-8-12-3-2-6-17(12)9-10-4-5-11(15)7-13(10)14;/h4-5,7,12,16H,2-3,6,8-9H2,1H3;1H. The third-order valence-electron chi connectivity index (χ3n) is 3.33. The molecule has 1 atom stereocenters. The number of hydrogen-bond donors (Lipinski definition) is 1. The van der Waals surface area contributed by atoms with Crippen molar-refractivity contribution in [2.45, 2.75) is 25.4 Å². The van der Waals surface area contributed by atoms with E-state index in [0.717, 1.165) is 25.2 Å². The van der Waals surface area contributed by atoms with E-state index in [4.69, 9.17) is 11.6 Å². The monoisotopic (exact) mass is 292 g/mol. The number of halogens is 3. The van der Waals surface area contributed by atoms with Crippen molar-refractivity contribution in [1.82, 2.24) is 10.2 Å². The minimum absolute atomic E-state index is 0. The van der Waals surface area contributed by atoms with Crippen molar-refractivity contribution in [3.8, 4) is 0 Å². The zero-order valence-corrected chi connectivity index (χ0v) is 12.0. The van der Waals surface area contributed by atoms with Gasteiger partial charge in [-0.3, -0.25) is 4.90 Å². The molecule has 1 saturated heterocycles. The fourth-order valence-corrected chi connectivity index (χ4v) is 2.67. The molecule has 0 bridgehead atoms. The number of likely N-dealkylation sites (tertiary alicyclic amines) is 1. The van der Waals surface area contributed by atoms with Gasteiger partial charge in [0.25, 0.3) is 0 Å². The Hall–Kier alpha value is -0.350. The van der Waals surface area contributed by atoms with Crippen molar-refractivity contribution in [2.24, 2.45) is 0 Å². The van der Waals surface area contributed by atoms with E-state index >= 15 is 0 Å². The van der Waals surface area contributed by atoms with Gasteiger partial charge in [-0.05, 0) is 44.1 Å². The van der Waals surface area contributed by atoms with E-state index in [1.54, 1.807) is 6.07 Å². The van der Waals surface area contributed by atoms with Gasteiger partial charge in [0.15, 0.2) is 0 Å². The first-order chi connectivity index (χ1) is 8.20. The molecule has 2 rings (SSSR count). The van der Waals surface area contributed by atoms with Crippen LogP contribution in [-0.4, -0.2) is 31.1 Å². The van der Waals surface area contributed by atoms with Gasteiger partial charge in [-0.25, -0.2) is 4.39 Å². The average molecular weight is 293 g/mol. The largest absolute Gasteiger partial charge is 0.318 e. The van der Waals surface area contributed by atoms with Crippen LogP contribution in [0.3, 0.4) is 0 Å². The molecule has 0 spiro atoms. The quantitative estimate of drug-likeness (QED) is 0.917. The van der Waals surface area contributed by atoms with Crippen molar-refractivity contribution in [2.75, 3.05) is 20.1 Å². The Morgan fingerprint density at radius 2 is 2.28 bits per heavy atom. The third-order valence-corrected chi connectivity index (χ3v) is 3.68. The molecule has 1 aromatic carbocycles. The number of hydrogen-bond acceptors (Lipinski definition) is 2. The maximum absolute atomic E-state index is 13.0. The Morgan fingerprint density at radius 3 is 2.94 bits per heavy atom. The highest BCUT2D eigenvalue weighted by Crippen LogP contribution is 2.24. The van der Waals surface area contributed by atoms with Crippen LogP contribution >= 0.6 is 24.0 Å². The van der Waals surface area contributed by atoms with E-state index in [1.807, 2.05) is 7.05 Å². The van der Waals surface area contributed by atoms with E-state index < -0.39 is 0 Å². The maximum Gasteiger partial charge on any atom is 0.124 e. The molecule has 18 heavy (non-hydrogen) atoms. The summed E-state index contributed by atoms with van der Waals surface area (Å²) in [6.45, 7) is 2.91. The normalized spacial score (nSPS) is 19.8. The molecule has 0 aliphatic carbocycles. The number of likely N-dealkylation sites (N-methyl/N-ethyl adjacent to an activating group) is 1. The second-order valence-electron chi connectivity index (χ2n) is 4.56. The molecular weight excluding hydrogens is 274 g/mol. The average Bonchev–Trinajstić information content (AvgIpc) is 2.71. The lowest BCUT2D eigenvalue weighted by molar-refractivity contribution is 0.242. The molecule has 1 unspecified atom stereocenters. The lowest BCUT2D eigenvalue weighted by Gasteiger charge is -2.24. The molecule has 5 heteroatoms. The minimum Gasteiger partial charge on any atom is -0.318 e. The highest BCUT2D eigenvalue weighted by Gasteiger charge is 2.24. The molecule has 0 radical (unpaired) electrons. The molecule has 2 nitrogen and oxygen atoms in total. The maximum atomic E-state index is 13.0. The van der Waals surface area contributed by atoms with Gasteiger partial charge in [-0.1, -0.05) is 17.7 Å². The molecule has 1 N–H and O–H groups in total. The highest BCUT2D eigenvalue weighted by molar-refractivity contribution is 6.31. The molecule has 0 saturated carbocycles. The van der Waals surface area contributed by atoms with Crippen molar-refractivity contribution in [1.29, 1.82) is 0 Å². The van der Waals surface area contributed by atoms with Crippen LogP contribution in [-0.2, 0) is 6.54 Å². The van der Waals surface area contributed by atoms with E-state index in [0.29, 0.717) is 11.1 Å². The first kappa shape index (κ1) is 15.7. The number of benzene rings is 1. The molecular formula is C13H19Cl2FN2. The zero-order chi connectivity index (χ0) is 12.3. The third kappa shape index (κ3) is 3.82. The summed E-state index contributed by atoms with van der Waals surface area (Å²) in [6.07, 6.45) is 2.45. The van der Waals surface area contributed by atoms with Crippen LogP contribution in [0.1, 0.15) is 18.4 Å². The lowest BCUT2D eigenvalue weighted by atomic mass is 10.1. The van der Waals surface area contributed by atoms with Crippen molar-refractivity contribution in [3.63, 3.8) is 0 Å². The SMILES string of the molecule is CNCC1CCCN1Cc1ccc(F)cc1Cl.Cl. The summed E-state index contributed by atoms with van der Waals surface area (Å²) in [5.41, 5.74) is 1.01. The van der Waals surface area contributed by atoms with Gasteiger partial charge in [0.1, 0.15) is 5.82 Å². The number of nitrogens with zero attached hydrogens (tertiary/aromatic N) is 1. The summed E-state index contributed by atoms with van der Waals surface area (Å²) in [5, 5.41) is 3.74. The Bertz CT molecular complexity index is 387. The van der Waals surface area contributed by atoms with Crippen LogP contribution in [0.15, 0.2) is 18.2 Å². The summed E-state index contributed by atoms with van der Waals surface area (Å²) < 4.78 is 13.0. The summed E-state index contributed by atoms with van der Waals surface area (Å²) in [6, 6.07) is 5.22. The van der Waals surface area contributed by atoms with Gasteiger partial charge >= 0.3 is 0 Å². The van der Waals surface area contributed by atoms with E-state index in [1.165, 1.54) is 25.0 Å². The van der Waals surface area contributed by atoms with Crippen LogP contribution in [0, 0.1) is 5.82 Å². The Kier molecular flexibility index (Phi) is 6.36. The van der Waals surface area contributed by atoms with Crippen molar-refractivity contribution in [3.05, 3.63) is 34.6 Å². The predicted octanol–water partition coefficient (Wildman–Crippen LogP) is 3.08. The Labute approximate surface area is 119 Å². The van der Waals surface area contributed by atoms with Crippen LogP contribution in [0.4, 0.5) is 4.39 Å². The Morgan fingerprint density at radius 1 is 1.50 bits per heavy atom. The van der Waals surface area contributed by atoms with E-state index in [-0.39, 0.29) is 18.2 Å². The van der Waals surface area contributed by atoms with Gasteiger partial charge in [0.2, 0.25) is 0 Å². The van der Waals surface area contributed by atoms with Crippen molar-refractivity contribution < 1.29 is 4.39 Å². The van der Waals surface area contributed by atoms with E-state index in [9.17, 15) is 4.39 Å². The second-order valence-corrected chi connectivity index (χ2v) is 4.97. The van der Waals surface area contributed by atoms with Gasteiger partial charge in [0.05, 0.1) is 0 Å². The molecule has 0 amide bonds. The second kappa shape index (κ2) is 7.29. The fraction of sp³-hybridized carbons (Fsp3) is 0.538. The summed E-state index contributed by atoms with van der Waals surface area (Å²) in [5.74, 6) is -0.271. The summed E-state index contributed by atoms with van der Waals surface area (Å²) >= 11 is 6.05. The van der Waals surface area contributed by atoms with Gasteiger partial charge < -0.3 is 5.32 Å². The van der Waals surface area contributed by atoms with Crippen LogP contribution < -0.4 is 5.32 Å². The molecule has 1 fully saturated rings. The van der Waals surface area contributed by atoms with Gasteiger partial charge in [-0.2, -0.15) is 0 Å². The van der Waals surface area contributed by atoms with Gasteiger partial charge in [0, 0.05) is 24.2 Å². The Balaban J connectivity index is 0.00000162. The van der Waals surface area contributed by atoms with Gasteiger partial charge in [-0.15, -0.1) is 12.4 Å². The molecule has 1 heterocycles. The summed E-state index contributed by atoms with van der Waals surface area (Å²) in [4.78, 5) is 2.41. The first-order valence-electron chi connectivity index (χ1n) is 6.03. The predicted molar refractivity (Wildman–Crippen MR) is 76.0 cm³/mol.